The summed E-state index contributed by atoms with van der Waals surface area (Å²) in [6.45, 7) is 1.83. The number of aliphatic hydroxyl groups is 1. The fraction of sp³-hybridized carbons (Fsp3) is 0.480. The van der Waals surface area contributed by atoms with Crippen molar-refractivity contribution >= 4 is 21.6 Å². The molecule has 2 aliphatic rings. The van der Waals surface area contributed by atoms with E-state index in [4.69, 9.17) is 4.74 Å². The number of sulfonamides is 1. The van der Waals surface area contributed by atoms with E-state index < -0.39 is 27.1 Å². The Labute approximate surface area is 216 Å². The van der Waals surface area contributed by atoms with E-state index in [-0.39, 0.29) is 35.6 Å². The van der Waals surface area contributed by atoms with Crippen LogP contribution in [0.1, 0.15) is 18.4 Å². The van der Waals surface area contributed by atoms with E-state index in [1.54, 1.807) is 4.90 Å². The lowest BCUT2D eigenvalue weighted by molar-refractivity contribution is -0.384. The summed E-state index contributed by atoms with van der Waals surface area (Å²) in [6, 6.07) is 13.4. The lowest BCUT2D eigenvalue weighted by atomic mass is 10.0. The Hall–Kier alpha value is -2.90. The van der Waals surface area contributed by atoms with Crippen LogP contribution in [0.4, 0.5) is 5.69 Å². The smallest absolute Gasteiger partial charge is 0.269 e. The molecular formula is C25H32N4O7S. The highest BCUT2D eigenvalue weighted by Crippen LogP contribution is 2.33. The number of rotatable bonds is 12. The van der Waals surface area contributed by atoms with Gasteiger partial charge in [0, 0.05) is 43.9 Å². The Kier molecular flexibility index (Phi) is 8.87. The van der Waals surface area contributed by atoms with Crippen LogP contribution in [0, 0.1) is 10.1 Å². The molecule has 1 saturated carbocycles. The summed E-state index contributed by atoms with van der Waals surface area (Å²) in [5, 5.41) is 25.4. The van der Waals surface area contributed by atoms with E-state index in [9.17, 15) is 28.4 Å². The van der Waals surface area contributed by atoms with E-state index in [2.05, 4.69) is 5.32 Å². The number of nitro benzene ring substituents is 1. The molecule has 11 nitrogen and oxygen atoms in total. The number of amides is 1. The van der Waals surface area contributed by atoms with Gasteiger partial charge >= 0.3 is 0 Å². The quantitative estimate of drug-likeness (QED) is 0.306. The van der Waals surface area contributed by atoms with Crippen molar-refractivity contribution in [1.29, 1.82) is 0 Å². The molecule has 200 valence electrons. The molecule has 4 rings (SSSR count). The molecule has 2 atom stereocenters. The molecule has 0 unspecified atom stereocenters. The van der Waals surface area contributed by atoms with Crippen LogP contribution >= 0.6 is 0 Å². The lowest BCUT2D eigenvalue weighted by Gasteiger charge is -2.31. The molecule has 0 radical (unpaired) electrons. The molecule has 1 amide bonds. The number of hydrogen-bond acceptors (Lipinski definition) is 8. The van der Waals surface area contributed by atoms with Gasteiger partial charge in [-0.05, 0) is 37.0 Å². The Morgan fingerprint density at radius 2 is 1.78 bits per heavy atom. The number of nitrogens with zero attached hydrogens (tertiary/aromatic N) is 3. The first-order valence-corrected chi connectivity index (χ1v) is 13.8. The van der Waals surface area contributed by atoms with Crippen LogP contribution in [0.5, 0.6) is 0 Å². The second-order valence-electron chi connectivity index (χ2n) is 9.29. The van der Waals surface area contributed by atoms with Crippen molar-refractivity contribution < 1.29 is 28.0 Å². The highest BCUT2D eigenvalue weighted by molar-refractivity contribution is 7.89. The molecule has 0 aromatic heterocycles. The van der Waals surface area contributed by atoms with Gasteiger partial charge < -0.3 is 20.1 Å². The summed E-state index contributed by atoms with van der Waals surface area (Å²) in [5.41, 5.74) is 0.739. The Balaban J connectivity index is 1.49. The van der Waals surface area contributed by atoms with Crippen molar-refractivity contribution in [2.24, 2.45) is 0 Å². The molecular weight excluding hydrogens is 500 g/mol. The largest absolute Gasteiger partial charge is 0.390 e. The third kappa shape index (κ3) is 7.11. The van der Waals surface area contributed by atoms with E-state index >= 15 is 0 Å². The van der Waals surface area contributed by atoms with Crippen molar-refractivity contribution in [2.75, 3.05) is 39.4 Å². The second-order valence-corrected chi connectivity index (χ2v) is 11.2. The van der Waals surface area contributed by atoms with Crippen LogP contribution in [0.15, 0.2) is 59.5 Å². The SMILES string of the molecule is O=C(CN[C@@H](Cc1ccccc1)[C@H](O)CN(C1CC1)S(=O)(=O)c1ccc([N+](=O)[O-])cc1)N1CCOCC1. The van der Waals surface area contributed by atoms with Gasteiger partial charge in [-0.25, -0.2) is 8.42 Å². The minimum absolute atomic E-state index is 0.00704. The normalized spacial score (nSPS) is 17.9. The molecule has 1 aliphatic carbocycles. The average molecular weight is 533 g/mol. The number of ether oxygens (including phenoxy) is 1. The third-order valence-corrected chi connectivity index (χ3v) is 8.55. The van der Waals surface area contributed by atoms with Crippen LogP contribution in [0.3, 0.4) is 0 Å². The molecule has 0 bridgehead atoms. The molecule has 2 aromatic carbocycles. The number of nitro groups is 1. The molecule has 2 N–H and O–H groups in total. The first kappa shape index (κ1) is 27.1. The number of carbonyl (C=O) groups is 1. The van der Waals surface area contributed by atoms with Gasteiger partial charge in [-0.2, -0.15) is 4.31 Å². The molecule has 2 aromatic rings. The number of benzene rings is 2. The predicted octanol–water partition coefficient (Wildman–Crippen LogP) is 1.17. The number of aliphatic hydroxyl groups excluding tert-OH is 1. The fourth-order valence-corrected chi connectivity index (χ4v) is 6.05. The van der Waals surface area contributed by atoms with Gasteiger partial charge in [0.15, 0.2) is 0 Å². The van der Waals surface area contributed by atoms with E-state index in [0.29, 0.717) is 45.6 Å². The second kappa shape index (κ2) is 12.1. The summed E-state index contributed by atoms with van der Waals surface area (Å²) < 4.78 is 33.5. The van der Waals surface area contributed by atoms with E-state index in [0.717, 1.165) is 17.7 Å². The molecule has 2 fully saturated rings. The van der Waals surface area contributed by atoms with Crippen molar-refractivity contribution in [3.05, 3.63) is 70.3 Å². The summed E-state index contributed by atoms with van der Waals surface area (Å²) in [7, 11) is -4.00. The molecule has 1 aliphatic heterocycles. The van der Waals surface area contributed by atoms with Crippen LogP contribution in [0.2, 0.25) is 0 Å². The summed E-state index contributed by atoms with van der Waals surface area (Å²) in [6.07, 6.45) is 0.636. The van der Waals surface area contributed by atoms with Gasteiger partial charge in [-0.1, -0.05) is 30.3 Å². The summed E-state index contributed by atoms with van der Waals surface area (Å²) in [4.78, 5) is 24.7. The fourth-order valence-electron chi connectivity index (χ4n) is 4.35. The molecule has 1 heterocycles. The van der Waals surface area contributed by atoms with Gasteiger partial charge in [-0.15, -0.1) is 0 Å². The zero-order valence-corrected chi connectivity index (χ0v) is 21.3. The maximum atomic E-state index is 13.4. The zero-order chi connectivity index (χ0) is 26.4. The van der Waals surface area contributed by atoms with Crippen molar-refractivity contribution in [1.82, 2.24) is 14.5 Å². The minimum atomic E-state index is -4.00. The topological polar surface area (TPSA) is 142 Å². The third-order valence-electron chi connectivity index (χ3n) is 6.62. The Morgan fingerprint density at radius 3 is 2.38 bits per heavy atom. The number of hydrogen-bond donors (Lipinski definition) is 2. The van der Waals surface area contributed by atoms with Gasteiger partial charge in [0.25, 0.3) is 5.69 Å². The van der Waals surface area contributed by atoms with Gasteiger partial charge in [-0.3, -0.25) is 14.9 Å². The van der Waals surface area contributed by atoms with Gasteiger partial charge in [0.2, 0.25) is 15.9 Å². The lowest BCUT2D eigenvalue weighted by Crippen LogP contribution is -2.52. The predicted molar refractivity (Wildman–Crippen MR) is 135 cm³/mol. The first-order valence-electron chi connectivity index (χ1n) is 12.3. The monoisotopic (exact) mass is 532 g/mol. The highest BCUT2D eigenvalue weighted by Gasteiger charge is 2.40. The first-order chi connectivity index (χ1) is 17.8. The summed E-state index contributed by atoms with van der Waals surface area (Å²) >= 11 is 0. The van der Waals surface area contributed by atoms with Crippen molar-refractivity contribution in [3.8, 4) is 0 Å². The van der Waals surface area contributed by atoms with Crippen LogP contribution in [0.25, 0.3) is 0 Å². The Bertz CT molecular complexity index is 1170. The van der Waals surface area contributed by atoms with Crippen molar-refractivity contribution in [2.45, 2.75) is 42.3 Å². The van der Waals surface area contributed by atoms with E-state index in [1.165, 1.54) is 16.4 Å². The zero-order valence-electron chi connectivity index (χ0n) is 20.4. The van der Waals surface area contributed by atoms with Gasteiger partial charge in [0.05, 0.1) is 35.7 Å². The average Bonchev–Trinajstić information content (AvgIpc) is 3.75. The summed E-state index contributed by atoms with van der Waals surface area (Å²) in [5.74, 6) is -0.105. The molecule has 0 spiro atoms. The van der Waals surface area contributed by atoms with Crippen molar-refractivity contribution in [3.63, 3.8) is 0 Å². The van der Waals surface area contributed by atoms with Gasteiger partial charge in [0.1, 0.15) is 0 Å². The standard InChI is InChI=1S/C25H32N4O7S/c30-24(18-28(20-6-7-20)37(34,35)22-10-8-21(9-11-22)29(32)33)23(16-19-4-2-1-3-5-19)26-17-25(31)27-12-14-36-15-13-27/h1-5,8-11,20,23-24,26,30H,6-7,12-18H2/t23-,24+/m0/s1. The Morgan fingerprint density at radius 1 is 1.14 bits per heavy atom. The number of carbonyl (C=O) groups excluding carboxylic acids is 1. The van der Waals surface area contributed by atoms with Crippen LogP contribution in [-0.4, -0.2) is 91.1 Å². The molecule has 1 saturated heterocycles. The van der Waals surface area contributed by atoms with Crippen LogP contribution < -0.4 is 5.32 Å². The number of non-ortho nitro benzene ring substituents is 1. The van der Waals surface area contributed by atoms with Crippen LogP contribution in [-0.2, 0) is 26.0 Å². The van der Waals surface area contributed by atoms with E-state index in [1.807, 2.05) is 30.3 Å². The molecule has 12 heteroatoms. The maximum absolute atomic E-state index is 13.4. The highest BCUT2D eigenvalue weighted by atomic mass is 32.2. The molecule has 37 heavy (non-hydrogen) atoms. The maximum Gasteiger partial charge on any atom is 0.269 e. The number of nitrogens with one attached hydrogen (secondary N) is 1. The number of morpholine rings is 1. The minimum Gasteiger partial charge on any atom is -0.390 e.